The van der Waals surface area contributed by atoms with Crippen LogP contribution in [-0.4, -0.2) is 19.6 Å². The zero-order valence-electron chi connectivity index (χ0n) is 15.5. The Bertz CT molecular complexity index is 833. The van der Waals surface area contributed by atoms with Crippen molar-refractivity contribution in [3.05, 3.63) is 88.1 Å². The Labute approximate surface area is 164 Å². The molecule has 0 aliphatic rings. The number of carbonyl (C=O) groups is 1. The molecule has 1 amide bonds. The van der Waals surface area contributed by atoms with Gasteiger partial charge in [0.2, 0.25) is 5.91 Å². The summed E-state index contributed by atoms with van der Waals surface area (Å²) < 4.78 is 5.24. The van der Waals surface area contributed by atoms with Crippen LogP contribution in [0.2, 0.25) is 0 Å². The second-order valence-corrected chi connectivity index (χ2v) is 7.28. The maximum absolute atomic E-state index is 12.6. The summed E-state index contributed by atoms with van der Waals surface area (Å²) in [6.45, 7) is 2.33. The van der Waals surface area contributed by atoms with Gasteiger partial charge < -0.3 is 15.4 Å². The molecule has 0 spiro atoms. The van der Waals surface area contributed by atoms with Crippen LogP contribution in [0.15, 0.2) is 72.1 Å². The zero-order chi connectivity index (χ0) is 19.1. The van der Waals surface area contributed by atoms with Gasteiger partial charge >= 0.3 is 0 Å². The summed E-state index contributed by atoms with van der Waals surface area (Å²) in [5.74, 6) is 0.756. The molecule has 1 aromatic heterocycles. The highest BCUT2D eigenvalue weighted by Gasteiger charge is 2.17. The van der Waals surface area contributed by atoms with Crippen LogP contribution < -0.4 is 15.4 Å². The lowest BCUT2D eigenvalue weighted by atomic mass is 9.98. The second-order valence-electron chi connectivity index (χ2n) is 6.30. The molecule has 140 valence electrons. The molecule has 27 heavy (non-hydrogen) atoms. The summed E-state index contributed by atoms with van der Waals surface area (Å²) in [5, 5.41) is 8.48. The zero-order valence-corrected chi connectivity index (χ0v) is 16.3. The van der Waals surface area contributed by atoms with Gasteiger partial charge in [-0.3, -0.25) is 4.79 Å². The molecule has 4 nitrogen and oxygen atoms in total. The summed E-state index contributed by atoms with van der Waals surface area (Å²) in [5.41, 5.74) is 2.06. The summed E-state index contributed by atoms with van der Waals surface area (Å²) in [6, 6.07) is 21.8. The van der Waals surface area contributed by atoms with Crippen molar-refractivity contribution in [3.8, 4) is 5.75 Å². The summed E-state index contributed by atoms with van der Waals surface area (Å²) in [7, 11) is 1.64. The molecule has 0 fully saturated rings. The predicted octanol–water partition coefficient (Wildman–Crippen LogP) is 4.31. The number of thiophene rings is 1. The van der Waals surface area contributed by atoms with Crippen LogP contribution in [0.3, 0.4) is 0 Å². The van der Waals surface area contributed by atoms with Crippen LogP contribution in [0, 0.1) is 0 Å². The lowest BCUT2D eigenvalue weighted by molar-refractivity contribution is -0.120. The van der Waals surface area contributed by atoms with Gasteiger partial charge in [0.1, 0.15) is 5.75 Å². The summed E-state index contributed by atoms with van der Waals surface area (Å²) in [4.78, 5) is 13.8. The molecule has 0 aliphatic heterocycles. The Morgan fingerprint density at radius 1 is 1.00 bits per heavy atom. The van der Waals surface area contributed by atoms with Crippen LogP contribution in [-0.2, 0) is 4.79 Å². The number of hydrogen-bond acceptors (Lipinski definition) is 4. The fraction of sp³-hybridized carbons (Fsp3) is 0.227. The van der Waals surface area contributed by atoms with Crippen LogP contribution >= 0.6 is 11.3 Å². The van der Waals surface area contributed by atoms with Crippen molar-refractivity contribution in [3.63, 3.8) is 0 Å². The van der Waals surface area contributed by atoms with Crippen LogP contribution in [0.5, 0.6) is 5.75 Å². The van der Waals surface area contributed by atoms with Gasteiger partial charge in [0.15, 0.2) is 0 Å². The molecule has 5 heteroatoms. The monoisotopic (exact) mass is 380 g/mol. The molecule has 0 unspecified atom stereocenters. The Morgan fingerprint density at radius 2 is 1.70 bits per heavy atom. The first kappa shape index (κ1) is 19.1. The standard InChI is InChI=1S/C22H24N2O2S/c1-16(20-9-6-14-27-20)23-15-21(25)24-22(17-7-4-3-5-8-17)18-10-12-19(26-2)13-11-18/h3-14,16,22-23H,15H2,1-2H3,(H,24,25)/t16-,22+/m1/s1. The molecule has 2 N–H and O–H groups in total. The minimum Gasteiger partial charge on any atom is -0.497 e. The fourth-order valence-corrected chi connectivity index (χ4v) is 3.66. The average molecular weight is 381 g/mol. The van der Waals surface area contributed by atoms with Crippen molar-refractivity contribution >= 4 is 17.2 Å². The van der Waals surface area contributed by atoms with Gasteiger partial charge in [-0.05, 0) is 41.6 Å². The average Bonchev–Trinajstić information content (AvgIpc) is 3.26. The number of ether oxygens (including phenoxy) is 1. The molecule has 3 rings (SSSR count). The molecule has 0 aliphatic carbocycles. The highest BCUT2D eigenvalue weighted by atomic mass is 32.1. The van der Waals surface area contributed by atoms with E-state index in [1.54, 1.807) is 18.4 Å². The van der Waals surface area contributed by atoms with Crippen molar-refractivity contribution < 1.29 is 9.53 Å². The van der Waals surface area contributed by atoms with E-state index in [9.17, 15) is 4.79 Å². The van der Waals surface area contributed by atoms with E-state index in [2.05, 4.69) is 23.6 Å². The first-order chi connectivity index (χ1) is 13.2. The Hall–Kier alpha value is -2.63. The van der Waals surface area contributed by atoms with Gasteiger partial charge in [-0.15, -0.1) is 11.3 Å². The number of benzene rings is 2. The van der Waals surface area contributed by atoms with Gasteiger partial charge in [0, 0.05) is 10.9 Å². The number of methoxy groups -OCH3 is 1. The van der Waals surface area contributed by atoms with E-state index < -0.39 is 0 Å². The largest absolute Gasteiger partial charge is 0.497 e. The number of carbonyl (C=O) groups excluding carboxylic acids is 1. The quantitative estimate of drug-likeness (QED) is 0.612. The Morgan fingerprint density at radius 3 is 2.33 bits per heavy atom. The third-order valence-corrected chi connectivity index (χ3v) is 5.48. The molecule has 1 heterocycles. The van der Waals surface area contributed by atoms with Gasteiger partial charge in [0.25, 0.3) is 0 Å². The van der Waals surface area contributed by atoms with Gasteiger partial charge in [-0.25, -0.2) is 0 Å². The lowest BCUT2D eigenvalue weighted by Crippen LogP contribution is -2.37. The smallest absolute Gasteiger partial charge is 0.234 e. The second kappa shape index (κ2) is 9.35. The summed E-state index contributed by atoms with van der Waals surface area (Å²) >= 11 is 1.69. The van der Waals surface area contributed by atoms with Gasteiger partial charge in [-0.2, -0.15) is 0 Å². The van der Waals surface area contributed by atoms with Gasteiger partial charge in [0.05, 0.1) is 19.7 Å². The Kier molecular flexibility index (Phi) is 6.63. The lowest BCUT2D eigenvalue weighted by Gasteiger charge is -2.21. The third kappa shape index (κ3) is 5.18. The molecule has 0 bridgehead atoms. The highest BCUT2D eigenvalue weighted by Crippen LogP contribution is 2.24. The SMILES string of the molecule is COc1ccc([C@@H](NC(=O)CN[C@H](C)c2cccs2)c2ccccc2)cc1. The molecule has 0 radical (unpaired) electrons. The first-order valence-corrected chi connectivity index (χ1v) is 9.80. The first-order valence-electron chi connectivity index (χ1n) is 8.92. The molecule has 2 atom stereocenters. The van der Waals surface area contributed by atoms with Crippen molar-refractivity contribution in [2.24, 2.45) is 0 Å². The molecule has 0 saturated carbocycles. The van der Waals surface area contributed by atoms with E-state index in [0.717, 1.165) is 16.9 Å². The Balaban J connectivity index is 1.70. The maximum atomic E-state index is 12.6. The number of amides is 1. The van der Waals surface area contributed by atoms with Crippen LogP contribution in [0.1, 0.15) is 35.0 Å². The highest BCUT2D eigenvalue weighted by molar-refractivity contribution is 7.10. The minimum absolute atomic E-state index is 0.0388. The van der Waals surface area contributed by atoms with Crippen LogP contribution in [0.25, 0.3) is 0 Å². The van der Waals surface area contributed by atoms with Gasteiger partial charge in [-0.1, -0.05) is 48.5 Å². The van der Waals surface area contributed by atoms with E-state index in [1.807, 2.05) is 66.0 Å². The molecule has 3 aromatic rings. The normalized spacial score (nSPS) is 13.0. The van der Waals surface area contributed by atoms with E-state index in [0.29, 0.717) is 0 Å². The van der Waals surface area contributed by atoms with E-state index in [-0.39, 0.29) is 24.5 Å². The van der Waals surface area contributed by atoms with E-state index in [1.165, 1.54) is 4.88 Å². The van der Waals surface area contributed by atoms with E-state index >= 15 is 0 Å². The number of nitrogens with one attached hydrogen (secondary N) is 2. The molecular formula is C22H24N2O2S. The summed E-state index contributed by atoms with van der Waals surface area (Å²) in [6.07, 6.45) is 0. The number of rotatable bonds is 8. The molecule has 0 saturated heterocycles. The van der Waals surface area contributed by atoms with Crippen LogP contribution in [0.4, 0.5) is 0 Å². The number of hydrogen-bond donors (Lipinski definition) is 2. The van der Waals surface area contributed by atoms with Crippen molar-refractivity contribution in [1.82, 2.24) is 10.6 Å². The fourth-order valence-electron chi connectivity index (χ4n) is 2.90. The van der Waals surface area contributed by atoms with Crippen molar-refractivity contribution in [2.45, 2.75) is 19.0 Å². The predicted molar refractivity (Wildman–Crippen MR) is 110 cm³/mol. The minimum atomic E-state index is -0.205. The molecular weight excluding hydrogens is 356 g/mol. The topological polar surface area (TPSA) is 50.4 Å². The molecule has 2 aromatic carbocycles. The van der Waals surface area contributed by atoms with Crippen molar-refractivity contribution in [2.75, 3.05) is 13.7 Å². The maximum Gasteiger partial charge on any atom is 0.234 e. The van der Waals surface area contributed by atoms with E-state index in [4.69, 9.17) is 4.74 Å². The third-order valence-electron chi connectivity index (χ3n) is 4.43. The van der Waals surface area contributed by atoms with Crippen molar-refractivity contribution in [1.29, 1.82) is 0 Å².